The van der Waals surface area contributed by atoms with Gasteiger partial charge in [-0.1, -0.05) is 23.9 Å². The standard InChI is InChI=1S/C20H19FN2O4S/c1-3-27-15-9-8-12(10-16(15)26-2)20-23-19(25)17(28-20)11-18(24)22-14-7-5-4-6-13(14)21/h4-10,17H,3,11H2,1-2H3,(H,22,24)/t17-/m1/s1. The summed E-state index contributed by atoms with van der Waals surface area (Å²) < 4.78 is 24.5. The molecule has 146 valence electrons. The highest BCUT2D eigenvalue weighted by Crippen LogP contribution is 2.34. The number of thioether (sulfide) groups is 1. The van der Waals surface area contributed by atoms with Gasteiger partial charge in [-0.15, -0.1) is 0 Å². The summed E-state index contributed by atoms with van der Waals surface area (Å²) in [6, 6.07) is 11.2. The summed E-state index contributed by atoms with van der Waals surface area (Å²) >= 11 is 1.20. The Bertz CT molecular complexity index is 932. The molecule has 1 aliphatic heterocycles. The summed E-state index contributed by atoms with van der Waals surface area (Å²) in [5, 5.41) is 2.34. The number of para-hydroxylation sites is 1. The first-order chi connectivity index (χ1) is 13.5. The quantitative estimate of drug-likeness (QED) is 0.765. The molecule has 0 bridgehead atoms. The highest BCUT2D eigenvalue weighted by molar-refractivity contribution is 8.16. The Morgan fingerprint density at radius 1 is 1.25 bits per heavy atom. The van der Waals surface area contributed by atoms with Crippen LogP contribution in [0.4, 0.5) is 10.1 Å². The second-order valence-electron chi connectivity index (χ2n) is 5.89. The van der Waals surface area contributed by atoms with Gasteiger partial charge in [-0.3, -0.25) is 9.59 Å². The molecule has 8 heteroatoms. The monoisotopic (exact) mass is 402 g/mol. The summed E-state index contributed by atoms with van der Waals surface area (Å²) in [4.78, 5) is 28.5. The van der Waals surface area contributed by atoms with Crippen molar-refractivity contribution >= 4 is 34.3 Å². The fourth-order valence-corrected chi connectivity index (χ4v) is 3.72. The molecule has 3 rings (SSSR count). The van der Waals surface area contributed by atoms with Crippen molar-refractivity contribution in [3.05, 3.63) is 53.8 Å². The van der Waals surface area contributed by atoms with Crippen LogP contribution in [0.3, 0.4) is 0 Å². The van der Waals surface area contributed by atoms with E-state index in [0.29, 0.717) is 28.7 Å². The van der Waals surface area contributed by atoms with Gasteiger partial charge in [0.05, 0.1) is 19.4 Å². The lowest BCUT2D eigenvalue weighted by atomic mass is 10.2. The van der Waals surface area contributed by atoms with Crippen molar-refractivity contribution in [1.82, 2.24) is 0 Å². The number of nitrogens with zero attached hydrogens (tertiary/aromatic N) is 1. The second kappa shape index (κ2) is 8.88. The number of nitrogens with one attached hydrogen (secondary N) is 1. The first kappa shape index (κ1) is 19.9. The zero-order valence-electron chi connectivity index (χ0n) is 15.4. The Morgan fingerprint density at radius 3 is 2.75 bits per heavy atom. The number of carbonyl (C=O) groups is 2. The van der Waals surface area contributed by atoms with E-state index in [0.717, 1.165) is 0 Å². The molecule has 0 aromatic heterocycles. The molecule has 1 heterocycles. The molecule has 0 fully saturated rings. The lowest BCUT2D eigenvalue weighted by Gasteiger charge is -2.11. The summed E-state index contributed by atoms with van der Waals surface area (Å²) in [6.45, 7) is 2.38. The Balaban J connectivity index is 1.67. The summed E-state index contributed by atoms with van der Waals surface area (Å²) in [7, 11) is 1.53. The van der Waals surface area contributed by atoms with E-state index < -0.39 is 22.9 Å². The van der Waals surface area contributed by atoms with E-state index in [4.69, 9.17) is 9.47 Å². The van der Waals surface area contributed by atoms with Crippen LogP contribution in [0.5, 0.6) is 11.5 Å². The number of methoxy groups -OCH3 is 1. The van der Waals surface area contributed by atoms with Crippen molar-refractivity contribution in [2.45, 2.75) is 18.6 Å². The van der Waals surface area contributed by atoms with E-state index in [9.17, 15) is 14.0 Å². The Morgan fingerprint density at radius 2 is 2.04 bits per heavy atom. The number of hydrogen-bond acceptors (Lipinski definition) is 5. The molecule has 0 saturated heterocycles. The largest absolute Gasteiger partial charge is 0.493 e. The minimum atomic E-state index is -0.653. The summed E-state index contributed by atoms with van der Waals surface area (Å²) in [5.74, 6) is -0.229. The molecule has 0 saturated carbocycles. The Kier molecular flexibility index (Phi) is 6.30. The molecule has 0 spiro atoms. The van der Waals surface area contributed by atoms with E-state index in [1.54, 1.807) is 24.3 Å². The predicted octanol–water partition coefficient (Wildman–Crippen LogP) is 3.65. The van der Waals surface area contributed by atoms with Gasteiger partial charge in [0, 0.05) is 12.0 Å². The number of hydrogen-bond donors (Lipinski definition) is 1. The second-order valence-corrected chi connectivity index (χ2v) is 7.08. The maximum atomic E-state index is 13.7. The first-order valence-electron chi connectivity index (χ1n) is 8.66. The van der Waals surface area contributed by atoms with Gasteiger partial charge in [-0.2, -0.15) is 0 Å². The van der Waals surface area contributed by atoms with Gasteiger partial charge in [0.25, 0.3) is 5.91 Å². The minimum absolute atomic E-state index is 0.0836. The molecule has 0 unspecified atom stereocenters. The van der Waals surface area contributed by atoms with Crippen molar-refractivity contribution in [1.29, 1.82) is 0 Å². The summed E-state index contributed by atoms with van der Waals surface area (Å²) in [6.07, 6.45) is -0.0982. The van der Waals surface area contributed by atoms with Crippen LogP contribution < -0.4 is 14.8 Å². The number of halogens is 1. The van der Waals surface area contributed by atoms with Crippen LogP contribution in [-0.4, -0.2) is 35.8 Å². The maximum Gasteiger partial charge on any atom is 0.260 e. The molecule has 2 amide bonds. The number of carbonyl (C=O) groups excluding carboxylic acids is 2. The van der Waals surface area contributed by atoms with Crippen molar-refractivity contribution in [3.8, 4) is 11.5 Å². The molecular weight excluding hydrogens is 383 g/mol. The third-order valence-electron chi connectivity index (χ3n) is 3.97. The number of ether oxygens (including phenoxy) is 2. The Hall–Kier alpha value is -2.87. The smallest absolute Gasteiger partial charge is 0.260 e. The van der Waals surface area contributed by atoms with Gasteiger partial charge < -0.3 is 14.8 Å². The van der Waals surface area contributed by atoms with E-state index >= 15 is 0 Å². The van der Waals surface area contributed by atoms with Gasteiger partial charge in [-0.05, 0) is 37.3 Å². The molecular formula is C20H19FN2O4S. The molecule has 1 N–H and O–H groups in total. The van der Waals surface area contributed by atoms with Gasteiger partial charge in [-0.25, -0.2) is 9.38 Å². The van der Waals surface area contributed by atoms with Gasteiger partial charge in [0.15, 0.2) is 11.5 Å². The number of rotatable bonds is 7. The highest BCUT2D eigenvalue weighted by Gasteiger charge is 2.31. The molecule has 1 atom stereocenters. The van der Waals surface area contributed by atoms with Crippen LogP contribution >= 0.6 is 11.8 Å². The van der Waals surface area contributed by atoms with Crippen molar-refractivity contribution in [2.75, 3.05) is 19.0 Å². The number of amides is 2. The van der Waals surface area contributed by atoms with Gasteiger partial charge in [0.2, 0.25) is 5.91 Å². The molecule has 1 aliphatic rings. The topological polar surface area (TPSA) is 77.0 Å². The van der Waals surface area contributed by atoms with Crippen molar-refractivity contribution in [2.24, 2.45) is 4.99 Å². The van der Waals surface area contributed by atoms with Crippen LogP contribution in [0.2, 0.25) is 0 Å². The van der Waals surface area contributed by atoms with Crippen LogP contribution in [0.1, 0.15) is 18.9 Å². The first-order valence-corrected chi connectivity index (χ1v) is 9.54. The van der Waals surface area contributed by atoms with E-state index in [2.05, 4.69) is 10.3 Å². The Labute approximate surface area is 166 Å². The van der Waals surface area contributed by atoms with E-state index in [-0.39, 0.29) is 12.1 Å². The fraction of sp³-hybridized carbons (Fsp3) is 0.250. The average molecular weight is 402 g/mol. The number of aliphatic imine (C=N–C) groups is 1. The maximum absolute atomic E-state index is 13.7. The normalized spacial score (nSPS) is 15.9. The van der Waals surface area contributed by atoms with Crippen LogP contribution in [0.15, 0.2) is 47.5 Å². The third kappa shape index (κ3) is 4.51. The average Bonchev–Trinajstić information content (AvgIpc) is 3.04. The van der Waals surface area contributed by atoms with Crippen molar-refractivity contribution in [3.63, 3.8) is 0 Å². The zero-order chi connectivity index (χ0) is 20.1. The van der Waals surface area contributed by atoms with E-state index in [1.165, 1.54) is 37.1 Å². The molecule has 2 aromatic carbocycles. The molecule has 6 nitrogen and oxygen atoms in total. The molecule has 0 aliphatic carbocycles. The van der Waals surface area contributed by atoms with Gasteiger partial charge >= 0.3 is 0 Å². The number of benzene rings is 2. The third-order valence-corrected chi connectivity index (χ3v) is 5.17. The highest BCUT2D eigenvalue weighted by atomic mass is 32.2. The summed E-state index contributed by atoms with van der Waals surface area (Å²) in [5.41, 5.74) is 0.788. The van der Waals surface area contributed by atoms with Crippen LogP contribution in [-0.2, 0) is 9.59 Å². The molecule has 0 radical (unpaired) electrons. The lowest BCUT2D eigenvalue weighted by molar-refractivity contribution is -0.121. The zero-order valence-corrected chi connectivity index (χ0v) is 16.2. The molecule has 28 heavy (non-hydrogen) atoms. The SMILES string of the molecule is CCOc1ccc(C2=NC(=O)[C@@H](CC(=O)Nc3ccccc3F)S2)cc1OC. The number of anilines is 1. The van der Waals surface area contributed by atoms with Crippen molar-refractivity contribution < 1.29 is 23.5 Å². The lowest BCUT2D eigenvalue weighted by Crippen LogP contribution is -2.21. The van der Waals surface area contributed by atoms with E-state index in [1.807, 2.05) is 6.92 Å². The predicted molar refractivity (Wildman–Crippen MR) is 107 cm³/mol. The molecule has 2 aromatic rings. The van der Waals surface area contributed by atoms with Crippen LogP contribution in [0, 0.1) is 5.82 Å². The van der Waals surface area contributed by atoms with Crippen LogP contribution in [0.25, 0.3) is 0 Å². The fourth-order valence-electron chi connectivity index (χ4n) is 2.65. The van der Waals surface area contributed by atoms with Gasteiger partial charge in [0.1, 0.15) is 16.1 Å². The minimum Gasteiger partial charge on any atom is -0.493 e.